The average molecular weight is 280 g/mol. The lowest BCUT2D eigenvalue weighted by Crippen LogP contribution is -2.16. The van der Waals surface area contributed by atoms with Crippen molar-refractivity contribution in [2.75, 3.05) is 0 Å². The maximum absolute atomic E-state index is 4.23. The third kappa shape index (κ3) is 2.81. The average Bonchev–Trinajstić information content (AvgIpc) is 2.88. The second kappa shape index (κ2) is 5.66. The molecule has 4 nitrogen and oxygen atoms in total. The molecule has 3 rings (SSSR count). The molecule has 2 aromatic heterocycles. The van der Waals surface area contributed by atoms with Gasteiger partial charge in [0.1, 0.15) is 0 Å². The normalized spacial score (nSPS) is 11.2. The molecule has 0 aliphatic carbocycles. The zero-order valence-corrected chi connectivity index (χ0v) is 12.7. The van der Waals surface area contributed by atoms with E-state index in [-0.39, 0.29) is 0 Å². The quantitative estimate of drug-likeness (QED) is 0.799. The first-order chi connectivity index (χ1) is 10.1. The predicted molar refractivity (Wildman–Crippen MR) is 84.2 cm³/mol. The van der Waals surface area contributed by atoms with Gasteiger partial charge in [-0.1, -0.05) is 18.2 Å². The highest BCUT2D eigenvalue weighted by atomic mass is 15.3. The van der Waals surface area contributed by atoms with Crippen LogP contribution in [0.25, 0.3) is 5.65 Å². The molecule has 0 saturated carbocycles. The Hall–Kier alpha value is -2.20. The summed E-state index contributed by atoms with van der Waals surface area (Å²) in [7, 11) is 0. The van der Waals surface area contributed by atoms with E-state index in [0.717, 1.165) is 18.0 Å². The minimum atomic E-state index is 0.706. The van der Waals surface area contributed by atoms with Crippen molar-refractivity contribution < 1.29 is 0 Å². The molecule has 0 spiro atoms. The Morgan fingerprint density at radius 3 is 2.62 bits per heavy atom. The molecule has 21 heavy (non-hydrogen) atoms. The van der Waals surface area contributed by atoms with E-state index in [2.05, 4.69) is 48.4 Å². The molecule has 4 heteroatoms. The predicted octanol–water partition coefficient (Wildman–Crippen LogP) is 2.94. The molecular formula is C17H20N4. The van der Waals surface area contributed by atoms with E-state index in [1.807, 2.05) is 28.8 Å². The fourth-order valence-electron chi connectivity index (χ4n) is 2.53. The van der Waals surface area contributed by atoms with E-state index in [9.17, 15) is 0 Å². The van der Waals surface area contributed by atoms with E-state index in [1.165, 1.54) is 22.3 Å². The molecule has 0 atom stereocenters. The number of benzene rings is 1. The number of hydrogen-bond acceptors (Lipinski definition) is 3. The Kier molecular flexibility index (Phi) is 3.71. The van der Waals surface area contributed by atoms with Crippen molar-refractivity contribution in [1.82, 2.24) is 19.9 Å². The molecule has 0 aliphatic rings. The van der Waals surface area contributed by atoms with Gasteiger partial charge in [-0.05, 0) is 55.2 Å². The van der Waals surface area contributed by atoms with Crippen LogP contribution >= 0.6 is 0 Å². The van der Waals surface area contributed by atoms with Crippen LogP contribution in [0.1, 0.15) is 28.1 Å². The first-order valence-corrected chi connectivity index (χ1v) is 7.21. The molecule has 0 saturated heterocycles. The summed E-state index contributed by atoms with van der Waals surface area (Å²) in [6.45, 7) is 8.02. The molecule has 0 radical (unpaired) electrons. The van der Waals surface area contributed by atoms with Crippen molar-refractivity contribution in [2.24, 2.45) is 0 Å². The summed E-state index contributed by atoms with van der Waals surface area (Å²) in [5, 5.41) is 11.9. The Labute approximate surface area is 124 Å². The number of aryl methyl sites for hydroxylation is 3. The van der Waals surface area contributed by atoms with Crippen LogP contribution < -0.4 is 5.32 Å². The number of hydrogen-bond donors (Lipinski definition) is 1. The van der Waals surface area contributed by atoms with Gasteiger partial charge in [-0.25, -0.2) is 0 Å². The molecule has 0 amide bonds. The van der Waals surface area contributed by atoms with E-state index in [4.69, 9.17) is 0 Å². The number of fused-ring (bicyclic) bond motifs is 1. The van der Waals surface area contributed by atoms with Gasteiger partial charge in [0.05, 0.1) is 6.54 Å². The molecule has 0 aliphatic heterocycles. The third-order valence-corrected chi connectivity index (χ3v) is 3.94. The molecule has 0 bridgehead atoms. The molecule has 1 N–H and O–H groups in total. The second-order valence-corrected chi connectivity index (χ2v) is 5.51. The summed E-state index contributed by atoms with van der Waals surface area (Å²) in [4.78, 5) is 0. The van der Waals surface area contributed by atoms with Crippen molar-refractivity contribution in [1.29, 1.82) is 0 Å². The van der Waals surface area contributed by atoms with Crippen LogP contribution in [0.5, 0.6) is 0 Å². The maximum Gasteiger partial charge on any atom is 0.160 e. The number of aromatic nitrogens is 3. The summed E-state index contributed by atoms with van der Waals surface area (Å²) in [6, 6.07) is 10.4. The summed E-state index contributed by atoms with van der Waals surface area (Å²) in [6.07, 6.45) is 1.99. The van der Waals surface area contributed by atoms with Crippen LogP contribution in [0.2, 0.25) is 0 Å². The first kappa shape index (κ1) is 13.8. The zero-order chi connectivity index (χ0) is 14.8. The first-order valence-electron chi connectivity index (χ1n) is 7.21. The standard InChI is InChI=1S/C17H20N4/c1-12-8-14(3)15(9-13(12)2)10-18-11-17-20-19-16-6-4-5-7-21(16)17/h4-9,18H,10-11H2,1-3H3. The largest absolute Gasteiger partial charge is 0.306 e. The third-order valence-electron chi connectivity index (χ3n) is 3.94. The van der Waals surface area contributed by atoms with Crippen molar-refractivity contribution >= 4 is 5.65 Å². The second-order valence-electron chi connectivity index (χ2n) is 5.51. The van der Waals surface area contributed by atoms with Crippen molar-refractivity contribution in [2.45, 2.75) is 33.9 Å². The van der Waals surface area contributed by atoms with E-state index < -0.39 is 0 Å². The Morgan fingerprint density at radius 1 is 0.952 bits per heavy atom. The van der Waals surface area contributed by atoms with Gasteiger partial charge in [0.25, 0.3) is 0 Å². The molecule has 0 fully saturated rings. The van der Waals surface area contributed by atoms with Crippen LogP contribution in [0.3, 0.4) is 0 Å². The Morgan fingerprint density at radius 2 is 1.76 bits per heavy atom. The van der Waals surface area contributed by atoms with Crippen LogP contribution in [-0.4, -0.2) is 14.6 Å². The molecule has 2 heterocycles. The monoisotopic (exact) mass is 280 g/mol. The minimum Gasteiger partial charge on any atom is -0.306 e. The van der Waals surface area contributed by atoms with Gasteiger partial charge in [0.15, 0.2) is 11.5 Å². The highest BCUT2D eigenvalue weighted by Crippen LogP contribution is 2.15. The number of pyridine rings is 1. The van der Waals surface area contributed by atoms with Crippen LogP contribution in [0.4, 0.5) is 0 Å². The lowest BCUT2D eigenvalue weighted by Gasteiger charge is -2.10. The van der Waals surface area contributed by atoms with Crippen molar-refractivity contribution in [3.8, 4) is 0 Å². The van der Waals surface area contributed by atoms with Crippen LogP contribution in [-0.2, 0) is 13.1 Å². The van der Waals surface area contributed by atoms with E-state index in [1.54, 1.807) is 0 Å². The van der Waals surface area contributed by atoms with Gasteiger partial charge >= 0.3 is 0 Å². The summed E-state index contributed by atoms with van der Waals surface area (Å²) < 4.78 is 2.01. The fourth-order valence-corrected chi connectivity index (χ4v) is 2.53. The highest BCUT2D eigenvalue weighted by molar-refractivity contribution is 5.37. The Balaban J connectivity index is 1.70. The molecule has 3 aromatic rings. The Bertz CT molecular complexity index is 774. The van der Waals surface area contributed by atoms with Gasteiger partial charge in [-0.3, -0.25) is 4.40 Å². The maximum atomic E-state index is 4.23. The van der Waals surface area contributed by atoms with Crippen molar-refractivity contribution in [3.63, 3.8) is 0 Å². The summed E-state index contributed by atoms with van der Waals surface area (Å²) in [5.74, 6) is 0.937. The minimum absolute atomic E-state index is 0.706. The van der Waals surface area contributed by atoms with Crippen molar-refractivity contribution in [3.05, 3.63) is 64.6 Å². The van der Waals surface area contributed by atoms with Crippen LogP contribution in [0.15, 0.2) is 36.5 Å². The lowest BCUT2D eigenvalue weighted by molar-refractivity contribution is 0.654. The number of nitrogens with one attached hydrogen (secondary N) is 1. The molecule has 1 aromatic carbocycles. The molecule has 0 unspecified atom stereocenters. The number of nitrogens with zero attached hydrogens (tertiary/aromatic N) is 3. The van der Waals surface area contributed by atoms with E-state index in [0.29, 0.717) is 6.54 Å². The van der Waals surface area contributed by atoms with Gasteiger partial charge < -0.3 is 5.32 Å². The van der Waals surface area contributed by atoms with Gasteiger partial charge in [0, 0.05) is 12.7 Å². The van der Waals surface area contributed by atoms with Gasteiger partial charge in [-0.15, -0.1) is 10.2 Å². The summed E-state index contributed by atoms with van der Waals surface area (Å²) >= 11 is 0. The SMILES string of the molecule is Cc1cc(C)c(CNCc2nnc3ccccn23)cc1C. The highest BCUT2D eigenvalue weighted by Gasteiger charge is 2.05. The van der Waals surface area contributed by atoms with E-state index >= 15 is 0 Å². The molecular weight excluding hydrogens is 260 g/mol. The number of rotatable bonds is 4. The van der Waals surface area contributed by atoms with Crippen LogP contribution in [0, 0.1) is 20.8 Å². The summed E-state index contributed by atoms with van der Waals surface area (Å²) in [5.41, 5.74) is 6.24. The smallest absolute Gasteiger partial charge is 0.160 e. The van der Waals surface area contributed by atoms with Gasteiger partial charge in [0.2, 0.25) is 0 Å². The zero-order valence-electron chi connectivity index (χ0n) is 12.7. The fraction of sp³-hybridized carbons (Fsp3) is 0.294. The molecule has 108 valence electrons. The lowest BCUT2D eigenvalue weighted by atomic mass is 10.0. The van der Waals surface area contributed by atoms with Gasteiger partial charge in [-0.2, -0.15) is 0 Å². The topological polar surface area (TPSA) is 42.2 Å².